The first-order chi connectivity index (χ1) is 13.6. The fraction of sp³-hybridized carbons (Fsp3) is 0.500. The van der Waals surface area contributed by atoms with Crippen LogP contribution >= 0.6 is 11.3 Å². The maximum absolute atomic E-state index is 12.8. The Kier molecular flexibility index (Phi) is 4.30. The molecule has 0 aromatic carbocycles. The highest BCUT2D eigenvalue weighted by Crippen LogP contribution is 2.39. The van der Waals surface area contributed by atoms with Crippen LogP contribution in [0.4, 0.5) is 5.82 Å². The minimum atomic E-state index is 0.0524. The van der Waals surface area contributed by atoms with Crippen LogP contribution in [0.1, 0.15) is 39.6 Å². The molecule has 28 heavy (non-hydrogen) atoms. The van der Waals surface area contributed by atoms with Crippen molar-refractivity contribution in [3.63, 3.8) is 0 Å². The van der Waals surface area contributed by atoms with E-state index in [0.717, 1.165) is 36.0 Å². The summed E-state index contributed by atoms with van der Waals surface area (Å²) in [6.07, 6.45) is 6.49. The number of carbonyl (C=O) groups excluding carboxylic acids is 1. The quantitative estimate of drug-likeness (QED) is 0.666. The molecule has 0 N–H and O–H groups in total. The van der Waals surface area contributed by atoms with Crippen LogP contribution in [-0.2, 0) is 19.9 Å². The van der Waals surface area contributed by atoms with Gasteiger partial charge in [-0.1, -0.05) is 0 Å². The molecule has 3 aromatic heterocycles. The van der Waals surface area contributed by atoms with Crippen molar-refractivity contribution in [2.24, 2.45) is 7.05 Å². The zero-order valence-corrected chi connectivity index (χ0v) is 17.1. The summed E-state index contributed by atoms with van der Waals surface area (Å²) in [5.41, 5.74) is 2.11. The van der Waals surface area contributed by atoms with Gasteiger partial charge in [0.1, 0.15) is 22.2 Å². The van der Waals surface area contributed by atoms with E-state index in [1.165, 1.54) is 35.1 Å². The van der Waals surface area contributed by atoms with Crippen molar-refractivity contribution in [3.8, 4) is 0 Å². The predicted octanol–water partition coefficient (Wildman–Crippen LogP) is 2.57. The molecule has 0 unspecified atom stereocenters. The largest absolute Gasteiger partial charge is 0.352 e. The van der Waals surface area contributed by atoms with Gasteiger partial charge in [-0.3, -0.25) is 9.48 Å². The van der Waals surface area contributed by atoms with E-state index in [0.29, 0.717) is 18.8 Å². The summed E-state index contributed by atoms with van der Waals surface area (Å²) >= 11 is 1.85. The van der Waals surface area contributed by atoms with Crippen molar-refractivity contribution in [1.29, 1.82) is 0 Å². The molecule has 1 saturated heterocycles. The van der Waals surface area contributed by atoms with Crippen LogP contribution in [-0.4, -0.2) is 56.7 Å². The van der Waals surface area contributed by atoms with Gasteiger partial charge in [0.25, 0.3) is 5.91 Å². The van der Waals surface area contributed by atoms with Gasteiger partial charge >= 0.3 is 0 Å². The van der Waals surface area contributed by atoms with Crippen LogP contribution in [0.5, 0.6) is 0 Å². The number of aromatic nitrogens is 4. The van der Waals surface area contributed by atoms with Gasteiger partial charge < -0.3 is 9.80 Å². The second kappa shape index (κ2) is 6.84. The second-order valence-corrected chi connectivity index (χ2v) is 8.69. The van der Waals surface area contributed by atoms with Gasteiger partial charge in [0.15, 0.2) is 0 Å². The summed E-state index contributed by atoms with van der Waals surface area (Å²) in [4.78, 5) is 29.2. The monoisotopic (exact) mass is 396 g/mol. The Hall–Kier alpha value is -2.48. The highest BCUT2D eigenvalue weighted by Gasteiger charge is 2.28. The van der Waals surface area contributed by atoms with Crippen molar-refractivity contribution in [2.75, 3.05) is 31.1 Å². The number of fused-ring (bicyclic) bond motifs is 3. The number of anilines is 1. The Morgan fingerprint density at radius 1 is 1.11 bits per heavy atom. The molecule has 1 amide bonds. The molecule has 0 radical (unpaired) electrons. The minimum absolute atomic E-state index is 0.0524. The van der Waals surface area contributed by atoms with Gasteiger partial charge in [0, 0.05) is 44.3 Å². The van der Waals surface area contributed by atoms with Crippen LogP contribution in [0.3, 0.4) is 0 Å². The summed E-state index contributed by atoms with van der Waals surface area (Å²) in [5.74, 6) is 1.94. The van der Waals surface area contributed by atoms with Crippen LogP contribution in [0.25, 0.3) is 10.2 Å². The lowest BCUT2D eigenvalue weighted by molar-refractivity contribution is 0.0735. The van der Waals surface area contributed by atoms with Gasteiger partial charge in [-0.25, -0.2) is 9.97 Å². The van der Waals surface area contributed by atoms with E-state index in [1.54, 1.807) is 16.9 Å². The maximum Gasteiger partial charge on any atom is 0.272 e. The summed E-state index contributed by atoms with van der Waals surface area (Å²) in [7, 11) is 1.81. The molecule has 1 fully saturated rings. The number of hydrogen-bond acceptors (Lipinski definition) is 6. The molecule has 3 aromatic rings. The fourth-order valence-electron chi connectivity index (χ4n) is 4.34. The van der Waals surface area contributed by atoms with Crippen molar-refractivity contribution < 1.29 is 4.79 Å². The van der Waals surface area contributed by atoms with Gasteiger partial charge in [-0.2, -0.15) is 5.10 Å². The molecule has 2 aliphatic rings. The molecule has 0 atom stereocenters. The van der Waals surface area contributed by atoms with Crippen LogP contribution in [0.15, 0.2) is 12.3 Å². The van der Waals surface area contributed by atoms with Crippen molar-refractivity contribution in [2.45, 2.75) is 32.6 Å². The molecule has 4 heterocycles. The molecule has 7 nitrogen and oxygen atoms in total. The van der Waals surface area contributed by atoms with Crippen LogP contribution < -0.4 is 4.90 Å². The second-order valence-electron chi connectivity index (χ2n) is 7.60. The number of hydrogen-bond donors (Lipinski definition) is 0. The number of thiophene rings is 1. The Balaban J connectivity index is 1.42. The van der Waals surface area contributed by atoms with E-state index >= 15 is 0 Å². The van der Waals surface area contributed by atoms with Crippen molar-refractivity contribution in [1.82, 2.24) is 24.6 Å². The molecule has 0 saturated carbocycles. The van der Waals surface area contributed by atoms with Crippen molar-refractivity contribution in [3.05, 3.63) is 34.2 Å². The van der Waals surface area contributed by atoms with Gasteiger partial charge in [-0.05, 0) is 44.2 Å². The number of nitrogens with zero attached hydrogens (tertiary/aromatic N) is 6. The van der Waals surface area contributed by atoms with E-state index in [2.05, 4.69) is 10.00 Å². The molecule has 8 heteroatoms. The topological polar surface area (TPSA) is 67.2 Å². The maximum atomic E-state index is 12.8. The zero-order valence-electron chi connectivity index (χ0n) is 16.3. The third-order valence-electron chi connectivity index (χ3n) is 5.81. The molecule has 1 aliphatic carbocycles. The smallest absolute Gasteiger partial charge is 0.272 e. The third kappa shape index (κ3) is 2.87. The normalized spacial score (nSPS) is 17.2. The van der Waals surface area contributed by atoms with E-state index in [4.69, 9.17) is 9.97 Å². The van der Waals surface area contributed by atoms with E-state index in [9.17, 15) is 4.79 Å². The number of aryl methyl sites for hydroxylation is 4. The first-order valence-corrected chi connectivity index (χ1v) is 10.7. The number of rotatable bonds is 2. The predicted molar refractivity (Wildman–Crippen MR) is 110 cm³/mol. The molecule has 1 aliphatic heterocycles. The number of carbonyl (C=O) groups is 1. The lowest BCUT2D eigenvalue weighted by Crippen LogP contribution is -2.49. The average Bonchev–Trinajstić information content (AvgIpc) is 3.30. The molecule has 0 bridgehead atoms. The van der Waals surface area contributed by atoms with Crippen molar-refractivity contribution >= 4 is 33.3 Å². The van der Waals surface area contributed by atoms with Gasteiger partial charge in [0.05, 0.1) is 5.39 Å². The molecule has 0 spiro atoms. The van der Waals surface area contributed by atoms with Gasteiger partial charge in [-0.15, -0.1) is 11.3 Å². The first-order valence-electron chi connectivity index (χ1n) is 9.93. The molecule has 146 valence electrons. The Labute approximate surface area is 168 Å². The first kappa shape index (κ1) is 17.6. The lowest BCUT2D eigenvalue weighted by Gasteiger charge is -2.35. The number of piperazine rings is 1. The Bertz CT molecular complexity index is 1050. The minimum Gasteiger partial charge on any atom is -0.352 e. The highest BCUT2D eigenvalue weighted by molar-refractivity contribution is 7.19. The highest BCUT2D eigenvalue weighted by atomic mass is 32.1. The van der Waals surface area contributed by atoms with E-state index in [-0.39, 0.29) is 5.91 Å². The van der Waals surface area contributed by atoms with Crippen LogP contribution in [0.2, 0.25) is 0 Å². The summed E-state index contributed by atoms with van der Waals surface area (Å²) in [6.45, 7) is 4.95. The standard InChI is InChI=1S/C20H24N6OS/c1-13-22-18(17-14-5-3-4-6-16(14)28-19(17)23-13)25-9-11-26(12-10-25)20(27)15-7-8-21-24(15)2/h7-8H,3-6,9-12H2,1-2H3. The van der Waals surface area contributed by atoms with E-state index < -0.39 is 0 Å². The van der Waals surface area contributed by atoms with Crippen LogP contribution in [0, 0.1) is 6.92 Å². The summed E-state index contributed by atoms with van der Waals surface area (Å²) in [5, 5.41) is 5.38. The summed E-state index contributed by atoms with van der Waals surface area (Å²) < 4.78 is 1.64. The molecular formula is C20H24N6OS. The number of amides is 1. The lowest BCUT2D eigenvalue weighted by atomic mass is 9.97. The Morgan fingerprint density at radius 2 is 1.89 bits per heavy atom. The average molecular weight is 397 g/mol. The molecule has 5 rings (SSSR count). The third-order valence-corrected chi connectivity index (χ3v) is 7.00. The summed E-state index contributed by atoms with van der Waals surface area (Å²) in [6, 6.07) is 1.78. The SMILES string of the molecule is Cc1nc(N2CCN(C(=O)c3ccnn3C)CC2)c2c3c(sc2n1)CCCC3. The van der Waals surface area contributed by atoms with E-state index in [1.807, 2.05) is 30.2 Å². The Morgan fingerprint density at radius 3 is 2.64 bits per heavy atom. The zero-order chi connectivity index (χ0) is 19.3. The molecular weight excluding hydrogens is 372 g/mol. The fourth-order valence-corrected chi connectivity index (χ4v) is 5.64. The van der Waals surface area contributed by atoms with Gasteiger partial charge in [0.2, 0.25) is 0 Å².